The minimum Gasteiger partial charge on any atom is -0.333 e. The molecule has 0 saturated heterocycles. The van der Waals surface area contributed by atoms with E-state index in [1.54, 1.807) is 0 Å². The van der Waals surface area contributed by atoms with Gasteiger partial charge in [0.15, 0.2) is 0 Å². The van der Waals surface area contributed by atoms with Crippen molar-refractivity contribution in [1.82, 2.24) is 9.88 Å². The molecule has 92 valence electrons. The van der Waals surface area contributed by atoms with Crippen molar-refractivity contribution in [2.45, 2.75) is 13.0 Å². The van der Waals surface area contributed by atoms with Crippen LogP contribution >= 0.6 is 27.3 Å². The summed E-state index contributed by atoms with van der Waals surface area (Å²) in [4.78, 5) is 19.4. The number of fused-ring (bicyclic) bond motifs is 1. The van der Waals surface area contributed by atoms with Crippen LogP contribution in [0.25, 0.3) is 0 Å². The van der Waals surface area contributed by atoms with E-state index in [0.29, 0.717) is 6.54 Å². The van der Waals surface area contributed by atoms with Crippen LogP contribution in [0.4, 0.5) is 0 Å². The van der Waals surface area contributed by atoms with E-state index < -0.39 is 0 Å². The third-order valence-electron chi connectivity index (χ3n) is 3.06. The van der Waals surface area contributed by atoms with Crippen molar-refractivity contribution in [2.24, 2.45) is 0 Å². The molecular weight excluding hydrogens is 312 g/mol. The number of rotatable bonds is 1. The van der Waals surface area contributed by atoms with Gasteiger partial charge in [-0.1, -0.05) is 6.07 Å². The van der Waals surface area contributed by atoms with Gasteiger partial charge in [-0.3, -0.25) is 9.78 Å². The molecule has 0 bridgehead atoms. The monoisotopic (exact) mass is 322 g/mol. The molecule has 5 heteroatoms. The van der Waals surface area contributed by atoms with Crippen LogP contribution in [-0.2, 0) is 13.0 Å². The fourth-order valence-electron chi connectivity index (χ4n) is 2.13. The maximum atomic E-state index is 12.4. The van der Waals surface area contributed by atoms with Crippen LogP contribution in [0.5, 0.6) is 0 Å². The molecule has 0 spiro atoms. The zero-order chi connectivity index (χ0) is 12.5. The van der Waals surface area contributed by atoms with E-state index >= 15 is 0 Å². The summed E-state index contributed by atoms with van der Waals surface area (Å²) < 4.78 is 0.884. The van der Waals surface area contributed by atoms with Gasteiger partial charge in [0.05, 0.1) is 0 Å². The lowest BCUT2D eigenvalue weighted by molar-refractivity contribution is 0.0737. The second kappa shape index (κ2) is 4.82. The highest BCUT2D eigenvalue weighted by molar-refractivity contribution is 9.10. The number of amides is 1. The van der Waals surface area contributed by atoms with Crippen LogP contribution in [0, 0.1) is 0 Å². The van der Waals surface area contributed by atoms with Gasteiger partial charge in [0.1, 0.15) is 4.88 Å². The first-order valence-corrected chi connectivity index (χ1v) is 7.38. The van der Waals surface area contributed by atoms with E-state index in [1.165, 1.54) is 11.3 Å². The van der Waals surface area contributed by atoms with Crippen molar-refractivity contribution in [1.29, 1.82) is 0 Å². The molecule has 0 unspecified atom stereocenters. The number of hydrogen-bond donors (Lipinski definition) is 0. The molecule has 1 amide bonds. The van der Waals surface area contributed by atoms with E-state index in [4.69, 9.17) is 0 Å². The molecule has 1 aliphatic rings. The van der Waals surface area contributed by atoms with Gasteiger partial charge in [-0.25, -0.2) is 0 Å². The maximum Gasteiger partial charge on any atom is 0.265 e. The minimum absolute atomic E-state index is 0.103. The lowest BCUT2D eigenvalue weighted by Gasteiger charge is -2.27. The molecule has 0 atom stereocenters. The van der Waals surface area contributed by atoms with E-state index in [0.717, 1.165) is 33.6 Å². The van der Waals surface area contributed by atoms with Gasteiger partial charge in [-0.2, -0.15) is 0 Å². The fourth-order valence-corrected chi connectivity index (χ4v) is 3.64. The summed E-state index contributed by atoms with van der Waals surface area (Å²) in [5.74, 6) is 0.103. The number of carbonyl (C=O) groups excluding carboxylic acids is 1. The molecule has 1 aliphatic heterocycles. The zero-order valence-corrected chi connectivity index (χ0v) is 12.0. The normalized spacial score (nSPS) is 14.4. The molecule has 3 nitrogen and oxygen atoms in total. The Balaban J connectivity index is 1.84. The number of halogens is 1. The minimum atomic E-state index is 0.103. The highest BCUT2D eigenvalue weighted by Crippen LogP contribution is 2.26. The lowest BCUT2D eigenvalue weighted by atomic mass is 10.1. The summed E-state index contributed by atoms with van der Waals surface area (Å²) in [6.07, 6.45) is 2.65. The van der Waals surface area contributed by atoms with E-state index in [9.17, 15) is 4.79 Å². The molecule has 3 heterocycles. The predicted octanol–water partition coefficient (Wildman–Crippen LogP) is 3.10. The molecular formula is C13H11BrN2OS. The number of nitrogens with zero attached hydrogens (tertiary/aromatic N) is 2. The highest BCUT2D eigenvalue weighted by atomic mass is 79.9. The molecule has 0 aromatic carbocycles. The van der Waals surface area contributed by atoms with Crippen LogP contribution in [0.2, 0.25) is 0 Å². The van der Waals surface area contributed by atoms with E-state index in [-0.39, 0.29) is 5.91 Å². The summed E-state index contributed by atoms with van der Waals surface area (Å²) in [5.41, 5.74) is 2.27. The van der Waals surface area contributed by atoms with E-state index in [2.05, 4.69) is 20.9 Å². The van der Waals surface area contributed by atoms with Crippen LogP contribution in [-0.4, -0.2) is 22.3 Å². The van der Waals surface area contributed by atoms with Crippen molar-refractivity contribution in [3.8, 4) is 0 Å². The molecule has 18 heavy (non-hydrogen) atoms. The van der Waals surface area contributed by atoms with Crippen LogP contribution in [0.3, 0.4) is 0 Å². The van der Waals surface area contributed by atoms with Crippen molar-refractivity contribution in [2.75, 3.05) is 6.54 Å². The first-order chi connectivity index (χ1) is 8.75. The Morgan fingerprint density at radius 1 is 1.44 bits per heavy atom. The number of hydrogen-bond acceptors (Lipinski definition) is 3. The average Bonchev–Trinajstić information content (AvgIpc) is 2.83. The van der Waals surface area contributed by atoms with Gasteiger partial charge >= 0.3 is 0 Å². The first-order valence-electron chi connectivity index (χ1n) is 5.71. The van der Waals surface area contributed by atoms with Gasteiger partial charge in [0, 0.05) is 35.9 Å². The number of carbonyl (C=O) groups is 1. The van der Waals surface area contributed by atoms with Crippen LogP contribution in [0.1, 0.15) is 20.9 Å². The number of thiophene rings is 1. The molecule has 0 N–H and O–H groups in total. The van der Waals surface area contributed by atoms with E-state index in [1.807, 2.05) is 34.7 Å². The van der Waals surface area contributed by atoms with Crippen LogP contribution < -0.4 is 0 Å². The Kier molecular flexibility index (Phi) is 3.18. The fraction of sp³-hybridized carbons (Fsp3) is 0.231. The SMILES string of the molecule is O=C(c1sccc1Br)N1CCc2ncccc2C1. The summed E-state index contributed by atoms with van der Waals surface area (Å²) in [6.45, 7) is 1.40. The zero-order valence-electron chi connectivity index (χ0n) is 9.60. The predicted molar refractivity (Wildman–Crippen MR) is 74.7 cm³/mol. The number of aromatic nitrogens is 1. The van der Waals surface area contributed by atoms with Gasteiger partial charge in [0.2, 0.25) is 0 Å². The number of pyridine rings is 1. The maximum absolute atomic E-state index is 12.4. The molecule has 3 rings (SSSR count). The summed E-state index contributed by atoms with van der Waals surface area (Å²) in [7, 11) is 0. The molecule has 0 radical (unpaired) electrons. The van der Waals surface area contributed by atoms with Crippen molar-refractivity contribution in [3.05, 3.63) is 50.4 Å². The first kappa shape index (κ1) is 11.9. The largest absolute Gasteiger partial charge is 0.333 e. The third-order valence-corrected chi connectivity index (χ3v) is 4.89. The highest BCUT2D eigenvalue weighted by Gasteiger charge is 2.24. The quantitative estimate of drug-likeness (QED) is 0.808. The molecule has 2 aromatic rings. The lowest BCUT2D eigenvalue weighted by Crippen LogP contribution is -2.36. The third kappa shape index (κ3) is 2.08. The molecule has 2 aromatic heterocycles. The molecule has 0 fully saturated rings. The molecule has 0 saturated carbocycles. The topological polar surface area (TPSA) is 33.2 Å². The Morgan fingerprint density at radius 2 is 2.33 bits per heavy atom. The Labute approximate surface area is 118 Å². The van der Waals surface area contributed by atoms with Gasteiger partial charge in [-0.05, 0) is 39.0 Å². The van der Waals surface area contributed by atoms with Crippen molar-refractivity contribution in [3.63, 3.8) is 0 Å². The second-order valence-corrected chi connectivity index (χ2v) is 5.95. The Bertz CT molecular complexity index is 596. The molecule has 0 aliphatic carbocycles. The standard InChI is InChI=1S/C13H11BrN2OS/c14-10-4-7-18-12(10)13(17)16-6-3-11-9(8-16)2-1-5-15-11/h1-2,4-5,7H,3,6,8H2. The van der Waals surface area contributed by atoms with Crippen molar-refractivity contribution < 1.29 is 4.79 Å². The second-order valence-electron chi connectivity index (χ2n) is 4.18. The van der Waals surface area contributed by atoms with Gasteiger partial charge in [-0.15, -0.1) is 11.3 Å². The summed E-state index contributed by atoms with van der Waals surface area (Å²) in [6, 6.07) is 5.89. The van der Waals surface area contributed by atoms with Gasteiger partial charge in [0.25, 0.3) is 5.91 Å². The Morgan fingerprint density at radius 3 is 3.11 bits per heavy atom. The Hall–Kier alpha value is -1.20. The average molecular weight is 323 g/mol. The van der Waals surface area contributed by atoms with Crippen molar-refractivity contribution >= 4 is 33.2 Å². The summed E-state index contributed by atoms with van der Waals surface area (Å²) >= 11 is 4.89. The smallest absolute Gasteiger partial charge is 0.265 e. The summed E-state index contributed by atoms with van der Waals surface area (Å²) in [5, 5.41) is 1.93. The van der Waals surface area contributed by atoms with Gasteiger partial charge < -0.3 is 4.90 Å². The van der Waals surface area contributed by atoms with Crippen LogP contribution in [0.15, 0.2) is 34.2 Å².